The third-order valence-corrected chi connectivity index (χ3v) is 5.98. The fourth-order valence-corrected chi connectivity index (χ4v) is 4.21. The molecule has 0 unspecified atom stereocenters. The summed E-state index contributed by atoms with van der Waals surface area (Å²) in [5, 5.41) is 6.98. The number of imidazole rings is 1. The molecule has 0 aliphatic heterocycles. The van der Waals surface area contributed by atoms with E-state index in [9.17, 15) is 18.0 Å². The van der Waals surface area contributed by atoms with Crippen molar-refractivity contribution < 1.29 is 18.0 Å². The second-order valence-corrected chi connectivity index (χ2v) is 8.56. The first-order valence-electron chi connectivity index (χ1n) is 11.5. The van der Waals surface area contributed by atoms with E-state index in [1.54, 1.807) is 23.8 Å². The summed E-state index contributed by atoms with van der Waals surface area (Å²) in [7, 11) is 1.61. The highest BCUT2D eigenvalue weighted by atomic mass is 19.4. The molecule has 0 fully saturated rings. The Morgan fingerprint density at radius 1 is 1.03 bits per heavy atom. The van der Waals surface area contributed by atoms with Gasteiger partial charge in [0.2, 0.25) is 0 Å². The average Bonchev–Trinajstić information content (AvgIpc) is 3.47. The van der Waals surface area contributed by atoms with Crippen molar-refractivity contribution in [3.05, 3.63) is 95.8 Å². The summed E-state index contributed by atoms with van der Waals surface area (Å²) in [4.78, 5) is 18.1. The highest BCUT2D eigenvalue weighted by molar-refractivity contribution is 6.06. The number of fused-ring (bicyclic) bond motifs is 1. The van der Waals surface area contributed by atoms with Gasteiger partial charge >= 0.3 is 6.18 Å². The summed E-state index contributed by atoms with van der Waals surface area (Å²) >= 11 is 0. The first kappa shape index (κ1) is 24.3. The Morgan fingerprint density at radius 2 is 1.81 bits per heavy atom. The Labute approximate surface area is 210 Å². The van der Waals surface area contributed by atoms with Crippen molar-refractivity contribution in [2.75, 3.05) is 11.9 Å². The van der Waals surface area contributed by atoms with Gasteiger partial charge in [0.1, 0.15) is 17.2 Å². The largest absolute Gasteiger partial charge is 0.417 e. The normalized spacial score (nSPS) is 11.7. The van der Waals surface area contributed by atoms with Gasteiger partial charge in [-0.05, 0) is 54.9 Å². The van der Waals surface area contributed by atoms with Crippen LogP contribution in [0.5, 0.6) is 0 Å². The lowest BCUT2D eigenvalue weighted by Crippen LogP contribution is -2.16. The number of hydrogen-bond donors (Lipinski definition) is 2. The molecule has 0 saturated carbocycles. The maximum atomic E-state index is 13.7. The molecule has 3 heterocycles. The van der Waals surface area contributed by atoms with E-state index in [4.69, 9.17) is 10.7 Å². The van der Waals surface area contributed by atoms with Crippen molar-refractivity contribution >= 4 is 17.4 Å². The Hall–Kier alpha value is -4.44. The van der Waals surface area contributed by atoms with Crippen LogP contribution in [0.3, 0.4) is 0 Å². The SMILES string of the molecule is Cn1ccc(-c2cc(C(=O)Nc3c(-c4ccccc4)nc4cc(CCN)ccn34)ccc2C(F)(F)F)n1. The quantitative estimate of drug-likeness (QED) is 0.334. The molecule has 3 N–H and O–H groups in total. The van der Waals surface area contributed by atoms with Crippen LogP contribution in [0.4, 0.5) is 19.0 Å². The maximum absolute atomic E-state index is 13.7. The molecular formula is C27H23F3N6O. The van der Waals surface area contributed by atoms with Crippen molar-refractivity contribution in [1.82, 2.24) is 19.2 Å². The van der Waals surface area contributed by atoms with Crippen molar-refractivity contribution in [3.8, 4) is 22.5 Å². The van der Waals surface area contributed by atoms with Gasteiger partial charge in [-0.3, -0.25) is 13.9 Å². The lowest BCUT2D eigenvalue weighted by molar-refractivity contribution is -0.137. The second kappa shape index (κ2) is 9.55. The molecule has 5 rings (SSSR count). The summed E-state index contributed by atoms with van der Waals surface area (Å²) in [6.07, 6.45) is -0.591. The molecule has 0 spiro atoms. The summed E-state index contributed by atoms with van der Waals surface area (Å²) in [6.45, 7) is 0.485. The molecule has 3 aromatic heterocycles. The number of benzene rings is 2. The number of amides is 1. The van der Waals surface area contributed by atoms with Gasteiger partial charge in [-0.2, -0.15) is 18.3 Å². The van der Waals surface area contributed by atoms with E-state index in [1.807, 2.05) is 42.5 Å². The number of pyridine rings is 1. The van der Waals surface area contributed by atoms with E-state index < -0.39 is 17.6 Å². The van der Waals surface area contributed by atoms with Crippen LogP contribution < -0.4 is 11.1 Å². The van der Waals surface area contributed by atoms with Gasteiger partial charge in [0, 0.05) is 36.1 Å². The lowest BCUT2D eigenvalue weighted by atomic mass is 10.0. The molecule has 0 aliphatic carbocycles. The van der Waals surface area contributed by atoms with Crippen molar-refractivity contribution in [2.24, 2.45) is 12.8 Å². The highest BCUT2D eigenvalue weighted by Gasteiger charge is 2.34. The second-order valence-electron chi connectivity index (χ2n) is 8.56. The minimum atomic E-state index is -4.61. The number of carbonyl (C=O) groups excluding carboxylic acids is 1. The summed E-state index contributed by atoms with van der Waals surface area (Å²) in [5.41, 5.74) is 7.77. The molecule has 0 aliphatic rings. The van der Waals surface area contributed by atoms with E-state index in [0.717, 1.165) is 23.3 Å². The van der Waals surface area contributed by atoms with Crippen LogP contribution in [0.25, 0.3) is 28.2 Å². The molecule has 7 nitrogen and oxygen atoms in total. The zero-order chi connectivity index (χ0) is 26.2. The van der Waals surface area contributed by atoms with Gasteiger partial charge in [0.15, 0.2) is 0 Å². The van der Waals surface area contributed by atoms with Crippen molar-refractivity contribution in [3.63, 3.8) is 0 Å². The molecule has 0 saturated heterocycles. The Balaban J connectivity index is 1.58. The standard InChI is InChI=1S/C27H23F3N6O/c1-35-13-11-22(34-35)20-16-19(7-8-21(20)27(28,29)30)26(37)33-25-24(18-5-3-2-4-6-18)32-23-15-17(9-12-31)10-14-36(23)25/h2-8,10-11,13-16H,9,12,31H2,1H3,(H,33,37). The Morgan fingerprint density at radius 3 is 2.49 bits per heavy atom. The maximum Gasteiger partial charge on any atom is 0.417 e. The molecule has 2 aromatic carbocycles. The zero-order valence-electron chi connectivity index (χ0n) is 19.8. The van der Waals surface area contributed by atoms with Crippen molar-refractivity contribution in [1.29, 1.82) is 0 Å². The number of anilines is 1. The number of alkyl halides is 3. The Bertz CT molecular complexity index is 1590. The van der Waals surface area contributed by atoms with Gasteiger partial charge in [0.05, 0.1) is 11.3 Å². The molecule has 5 aromatic rings. The van der Waals surface area contributed by atoms with E-state index >= 15 is 0 Å². The fourth-order valence-electron chi connectivity index (χ4n) is 4.21. The monoisotopic (exact) mass is 504 g/mol. The molecule has 10 heteroatoms. The van der Waals surface area contributed by atoms with E-state index in [1.165, 1.54) is 16.8 Å². The number of aryl methyl sites for hydroxylation is 1. The van der Waals surface area contributed by atoms with Crippen LogP contribution in [0.2, 0.25) is 0 Å². The molecule has 0 bridgehead atoms. The lowest BCUT2D eigenvalue weighted by Gasteiger charge is -2.14. The zero-order valence-corrected chi connectivity index (χ0v) is 19.8. The number of halogens is 3. The van der Waals surface area contributed by atoms with E-state index in [0.29, 0.717) is 30.1 Å². The van der Waals surface area contributed by atoms with Gasteiger partial charge in [0.25, 0.3) is 5.91 Å². The molecule has 1 amide bonds. The predicted molar refractivity (Wildman–Crippen MR) is 135 cm³/mol. The number of hydrogen-bond acceptors (Lipinski definition) is 4. The van der Waals surface area contributed by atoms with Gasteiger partial charge < -0.3 is 11.1 Å². The number of carbonyl (C=O) groups is 1. The molecule has 188 valence electrons. The summed E-state index contributed by atoms with van der Waals surface area (Å²) in [6, 6.07) is 17.9. The number of rotatable bonds is 6. The van der Waals surface area contributed by atoms with Crippen LogP contribution in [-0.4, -0.2) is 31.6 Å². The van der Waals surface area contributed by atoms with Crippen LogP contribution in [0.1, 0.15) is 21.5 Å². The molecule has 37 heavy (non-hydrogen) atoms. The number of nitrogens with zero attached hydrogens (tertiary/aromatic N) is 4. The average molecular weight is 505 g/mol. The van der Waals surface area contributed by atoms with Crippen LogP contribution in [0.15, 0.2) is 79.1 Å². The molecule has 0 radical (unpaired) electrons. The smallest absolute Gasteiger partial charge is 0.330 e. The van der Waals surface area contributed by atoms with Crippen LogP contribution >= 0.6 is 0 Å². The van der Waals surface area contributed by atoms with Crippen LogP contribution in [-0.2, 0) is 19.6 Å². The molecular weight excluding hydrogens is 481 g/mol. The predicted octanol–water partition coefficient (Wildman–Crippen LogP) is 5.17. The van der Waals surface area contributed by atoms with Gasteiger partial charge in [-0.25, -0.2) is 4.98 Å². The summed E-state index contributed by atoms with van der Waals surface area (Å²) < 4.78 is 44.3. The van der Waals surface area contributed by atoms with Gasteiger partial charge in [-0.15, -0.1) is 0 Å². The number of nitrogens with two attached hydrogens (primary N) is 1. The minimum Gasteiger partial charge on any atom is -0.330 e. The van der Waals surface area contributed by atoms with Gasteiger partial charge in [-0.1, -0.05) is 30.3 Å². The minimum absolute atomic E-state index is 0.0577. The third kappa shape index (κ3) is 4.83. The topological polar surface area (TPSA) is 90.2 Å². The third-order valence-electron chi connectivity index (χ3n) is 5.98. The number of aromatic nitrogens is 4. The van der Waals surface area contributed by atoms with E-state index in [-0.39, 0.29) is 16.8 Å². The number of nitrogens with one attached hydrogen (secondary N) is 1. The first-order chi connectivity index (χ1) is 17.7. The Kier molecular flexibility index (Phi) is 6.26. The van der Waals surface area contributed by atoms with Crippen molar-refractivity contribution in [2.45, 2.75) is 12.6 Å². The fraction of sp³-hybridized carbons (Fsp3) is 0.148. The highest BCUT2D eigenvalue weighted by Crippen LogP contribution is 2.37. The van der Waals surface area contributed by atoms with Crippen LogP contribution in [0, 0.1) is 0 Å². The summed E-state index contributed by atoms with van der Waals surface area (Å²) in [5.74, 6) is -0.166. The van der Waals surface area contributed by atoms with E-state index in [2.05, 4.69) is 10.4 Å². The first-order valence-corrected chi connectivity index (χ1v) is 11.5. The molecule has 0 atom stereocenters.